The number of aryl methyl sites for hydroxylation is 2. The average molecular weight is 274 g/mol. The van der Waals surface area contributed by atoms with E-state index in [9.17, 15) is 0 Å². The van der Waals surface area contributed by atoms with Crippen molar-refractivity contribution in [3.8, 4) is 0 Å². The number of para-hydroxylation sites is 1. The molecule has 3 aromatic rings. The fourth-order valence-electron chi connectivity index (χ4n) is 1.88. The molecular formula is C13H12ClN5. The number of rotatable bonds is 2. The topological polar surface area (TPSA) is 55.1 Å². The lowest BCUT2D eigenvalue weighted by molar-refractivity contribution is 0.917. The summed E-state index contributed by atoms with van der Waals surface area (Å²) in [6.45, 7) is 3.76. The van der Waals surface area contributed by atoms with Crippen LogP contribution < -0.4 is 5.32 Å². The molecule has 5 nitrogen and oxygen atoms in total. The van der Waals surface area contributed by atoms with Crippen LogP contribution in [0, 0.1) is 13.8 Å². The van der Waals surface area contributed by atoms with Crippen LogP contribution in [0.4, 0.5) is 11.5 Å². The van der Waals surface area contributed by atoms with Crippen LogP contribution in [0.5, 0.6) is 0 Å². The van der Waals surface area contributed by atoms with Crippen LogP contribution in [0.2, 0.25) is 5.02 Å². The van der Waals surface area contributed by atoms with Crippen LogP contribution >= 0.6 is 11.6 Å². The Morgan fingerprint density at radius 1 is 1.16 bits per heavy atom. The first kappa shape index (κ1) is 11.9. The number of nitrogens with one attached hydrogen (secondary N) is 1. The Labute approximate surface area is 115 Å². The fraction of sp³-hybridized carbons (Fsp3) is 0.154. The van der Waals surface area contributed by atoms with E-state index in [2.05, 4.69) is 20.4 Å². The maximum absolute atomic E-state index is 6.15. The van der Waals surface area contributed by atoms with Gasteiger partial charge in [-0.05, 0) is 26.0 Å². The van der Waals surface area contributed by atoms with Gasteiger partial charge in [-0.25, -0.2) is 4.98 Å². The van der Waals surface area contributed by atoms with Crippen LogP contribution in [0.25, 0.3) is 5.78 Å². The van der Waals surface area contributed by atoms with Crippen LogP contribution in [0.1, 0.15) is 11.5 Å². The largest absolute Gasteiger partial charge is 0.339 e. The molecule has 0 bridgehead atoms. The molecule has 1 aromatic carbocycles. The van der Waals surface area contributed by atoms with Gasteiger partial charge < -0.3 is 5.32 Å². The molecule has 0 aliphatic heterocycles. The second-order valence-corrected chi connectivity index (χ2v) is 4.67. The van der Waals surface area contributed by atoms with Gasteiger partial charge in [-0.1, -0.05) is 23.7 Å². The van der Waals surface area contributed by atoms with E-state index in [4.69, 9.17) is 11.6 Å². The van der Waals surface area contributed by atoms with E-state index in [1.807, 2.05) is 44.2 Å². The monoisotopic (exact) mass is 273 g/mol. The summed E-state index contributed by atoms with van der Waals surface area (Å²) in [5, 5.41) is 8.23. The smallest absolute Gasteiger partial charge is 0.254 e. The van der Waals surface area contributed by atoms with Crippen LogP contribution in [-0.4, -0.2) is 19.6 Å². The molecule has 0 fully saturated rings. The van der Waals surface area contributed by atoms with Crippen LogP contribution in [0.15, 0.2) is 30.3 Å². The van der Waals surface area contributed by atoms with E-state index in [-0.39, 0.29) is 0 Å². The molecular weight excluding hydrogens is 262 g/mol. The minimum absolute atomic E-state index is 0.576. The van der Waals surface area contributed by atoms with Gasteiger partial charge in [0.1, 0.15) is 11.6 Å². The maximum atomic E-state index is 6.15. The summed E-state index contributed by atoms with van der Waals surface area (Å²) in [7, 11) is 0. The fourth-order valence-corrected chi connectivity index (χ4v) is 2.06. The number of anilines is 2. The summed E-state index contributed by atoms with van der Waals surface area (Å²) in [5.74, 6) is 2.04. The second-order valence-electron chi connectivity index (χ2n) is 4.26. The van der Waals surface area contributed by atoms with E-state index in [0.29, 0.717) is 16.6 Å². The highest BCUT2D eigenvalue weighted by molar-refractivity contribution is 6.33. The molecule has 0 unspecified atom stereocenters. The zero-order valence-corrected chi connectivity index (χ0v) is 11.3. The first-order valence-corrected chi connectivity index (χ1v) is 6.24. The van der Waals surface area contributed by atoms with Gasteiger partial charge in [0.25, 0.3) is 5.78 Å². The summed E-state index contributed by atoms with van der Waals surface area (Å²) in [6, 6.07) is 9.46. The Hall–Kier alpha value is -2.14. The highest BCUT2D eigenvalue weighted by Crippen LogP contribution is 2.25. The van der Waals surface area contributed by atoms with Gasteiger partial charge in [0.05, 0.1) is 10.7 Å². The summed E-state index contributed by atoms with van der Waals surface area (Å²) in [5.41, 5.74) is 1.69. The predicted molar refractivity (Wildman–Crippen MR) is 75.0 cm³/mol. The maximum Gasteiger partial charge on any atom is 0.254 e. The van der Waals surface area contributed by atoms with Crippen molar-refractivity contribution in [3.05, 3.63) is 46.9 Å². The standard InChI is InChI=1S/C13H12ClN5/c1-8-7-12(17-11-6-4-3-5-10(11)14)19-13(15-8)16-9(2)18-19/h3-7,17H,1-2H3. The summed E-state index contributed by atoms with van der Waals surface area (Å²) >= 11 is 6.15. The van der Waals surface area contributed by atoms with Crippen molar-refractivity contribution in [2.75, 3.05) is 5.32 Å². The quantitative estimate of drug-likeness (QED) is 0.779. The van der Waals surface area contributed by atoms with Crippen molar-refractivity contribution in [2.45, 2.75) is 13.8 Å². The molecule has 0 atom stereocenters. The predicted octanol–water partition coefficient (Wildman–Crippen LogP) is 3.14. The first-order valence-electron chi connectivity index (χ1n) is 5.86. The Bertz CT molecular complexity index is 750. The highest BCUT2D eigenvalue weighted by atomic mass is 35.5. The molecule has 1 N–H and O–H groups in total. The van der Waals surface area contributed by atoms with Crippen molar-refractivity contribution in [3.63, 3.8) is 0 Å². The first-order chi connectivity index (χ1) is 9.13. The van der Waals surface area contributed by atoms with Crippen molar-refractivity contribution in [2.24, 2.45) is 0 Å². The van der Waals surface area contributed by atoms with E-state index in [1.165, 1.54) is 0 Å². The zero-order chi connectivity index (χ0) is 13.4. The molecule has 0 amide bonds. The molecule has 19 heavy (non-hydrogen) atoms. The van der Waals surface area contributed by atoms with Gasteiger partial charge in [0.15, 0.2) is 0 Å². The highest BCUT2D eigenvalue weighted by Gasteiger charge is 2.09. The third kappa shape index (κ3) is 2.24. The second kappa shape index (κ2) is 4.51. The van der Waals surface area contributed by atoms with Crippen LogP contribution in [-0.2, 0) is 0 Å². The molecule has 3 rings (SSSR count). The Balaban J connectivity index is 2.12. The Morgan fingerprint density at radius 3 is 2.74 bits per heavy atom. The normalized spacial score (nSPS) is 10.9. The van der Waals surface area contributed by atoms with E-state index in [1.54, 1.807) is 4.52 Å². The average Bonchev–Trinajstić information content (AvgIpc) is 2.72. The van der Waals surface area contributed by atoms with Gasteiger partial charge in [-0.2, -0.15) is 9.50 Å². The summed E-state index contributed by atoms with van der Waals surface area (Å²) in [6.07, 6.45) is 0. The molecule has 0 radical (unpaired) electrons. The van der Waals surface area contributed by atoms with Gasteiger partial charge in [0, 0.05) is 11.8 Å². The number of hydrogen-bond acceptors (Lipinski definition) is 4. The van der Waals surface area contributed by atoms with Crippen molar-refractivity contribution in [1.29, 1.82) is 0 Å². The number of benzene rings is 1. The van der Waals surface area contributed by atoms with E-state index < -0.39 is 0 Å². The third-order valence-electron chi connectivity index (χ3n) is 2.68. The SMILES string of the molecule is Cc1cc(Nc2ccccc2Cl)n2nc(C)nc2n1. The molecule has 2 aromatic heterocycles. The lowest BCUT2D eigenvalue weighted by Crippen LogP contribution is -2.03. The molecule has 0 saturated carbocycles. The zero-order valence-electron chi connectivity index (χ0n) is 10.6. The third-order valence-corrected chi connectivity index (χ3v) is 3.01. The molecule has 0 saturated heterocycles. The summed E-state index contributed by atoms with van der Waals surface area (Å²) in [4.78, 5) is 8.60. The minimum Gasteiger partial charge on any atom is -0.339 e. The molecule has 0 aliphatic carbocycles. The Morgan fingerprint density at radius 2 is 1.95 bits per heavy atom. The van der Waals surface area contributed by atoms with Gasteiger partial charge >= 0.3 is 0 Å². The molecule has 2 heterocycles. The van der Waals surface area contributed by atoms with E-state index >= 15 is 0 Å². The number of fused-ring (bicyclic) bond motifs is 1. The number of hydrogen-bond donors (Lipinski definition) is 1. The molecule has 6 heteroatoms. The van der Waals surface area contributed by atoms with Gasteiger partial charge in [0.2, 0.25) is 0 Å². The van der Waals surface area contributed by atoms with Crippen molar-refractivity contribution in [1.82, 2.24) is 19.6 Å². The van der Waals surface area contributed by atoms with E-state index in [0.717, 1.165) is 17.2 Å². The number of aromatic nitrogens is 4. The summed E-state index contributed by atoms with van der Waals surface area (Å²) < 4.78 is 1.67. The lowest BCUT2D eigenvalue weighted by atomic mass is 10.3. The number of nitrogens with zero attached hydrogens (tertiary/aromatic N) is 4. The molecule has 0 aliphatic rings. The lowest BCUT2D eigenvalue weighted by Gasteiger charge is -2.09. The molecule has 0 spiro atoms. The van der Waals surface area contributed by atoms with Crippen molar-refractivity contribution < 1.29 is 0 Å². The Kier molecular flexibility index (Phi) is 2.83. The minimum atomic E-state index is 0.576. The van der Waals surface area contributed by atoms with Crippen LogP contribution in [0.3, 0.4) is 0 Å². The molecule has 96 valence electrons. The van der Waals surface area contributed by atoms with Gasteiger partial charge in [-0.15, -0.1) is 5.10 Å². The van der Waals surface area contributed by atoms with Crippen molar-refractivity contribution >= 4 is 28.9 Å². The van der Waals surface area contributed by atoms with Gasteiger partial charge in [-0.3, -0.25) is 0 Å². The number of halogens is 1.